The number of anilines is 1. The molecule has 1 spiro atoms. The van der Waals surface area contributed by atoms with Crippen molar-refractivity contribution in [2.75, 3.05) is 18.0 Å². The minimum atomic E-state index is -0.344. The predicted molar refractivity (Wildman–Crippen MR) is 78.6 cm³/mol. The summed E-state index contributed by atoms with van der Waals surface area (Å²) in [5.74, 6) is 0.0858. The van der Waals surface area contributed by atoms with Crippen LogP contribution in [-0.4, -0.2) is 29.0 Å². The molecule has 1 N–H and O–H groups in total. The Kier molecular flexibility index (Phi) is 2.17. The molecule has 20 heavy (non-hydrogen) atoms. The summed E-state index contributed by atoms with van der Waals surface area (Å²) in [4.78, 5) is 22.9. The summed E-state index contributed by atoms with van der Waals surface area (Å²) in [5.41, 5.74) is 1.08. The van der Waals surface area contributed by atoms with Crippen LogP contribution in [0.15, 0.2) is 30.6 Å². The Hall–Kier alpha value is -1.95. The molecule has 102 valence electrons. The normalized spacial score (nSPS) is 26.6. The van der Waals surface area contributed by atoms with E-state index in [1.54, 1.807) is 17.4 Å². The van der Waals surface area contributed by atoms with E-state index in [0.717, 1.165) is 28.5 Å². The number of hydrogen-bond donors (Lipinski definition) is 1. The average Bonchev–Trinajstić information content (AvgIpc) is 3.08. The molecule has 2 aromatic rings. The van der Waals surface area contributed by atoms with E-state index >= 15 is 0 Å². The van der Waals surface area contributed by atoms with E-state index in [1.165, 1.54) is 0 Å². The molecule has 1 amide bonds. The van der Waals surface area contributed by atoms with Gasteiger partial charge in [-0.1, -0.05) is 17.9 Å². The second kappa shape index (κ2) is 4.02. The zero-order chi connectivity index (χ0) is 14.6. The molecule has 0 bridgehead atoms. The molecule has 4 rings (SSSR count). The Balaban J connectivity index is 1.65. The highest BCUT2D eigenvalue weighted by molar-refractivity contribution is 7.22. The quantitative estimate of drug-likeness (QED) is 0.871. The zero-order valence-electron chi connectivity index (χ0n) is 11.8. The van der Waals surface area contributed by atoms with Crippen molar-refractivity contribution in [3.8, 4) is 0 Å². The molecular formula is C14H14N4OS. The van der Waals surface area contributed by atoms with Crippen LogP contribution >= 0.6 is 11.3 Å². The summed E-state index contributed by atoms with van der Waals surface area (Å²) < 4.78 is 8.53. The lowest BCUT2D eigenvalue weighted by Crippen LogP contribution is -2.34. The highest BCUT2D eigenvalue weighted by Gasteiger charge is 2.49. The van der Waals surface area contributed by atoms with Gasteiger partial charge in [0.15, 0.2) is 10.8 Å². The smallest absolute Gasteiger partial charge is 0.232 e. The van der Waals surface area contributed by atoms with Gasteiger partial charge in [-0.25, -0.2) is 4.98 Å². The fraction of sp³-hybridized carbons (Fsp3) is 0.357. The molecule has 4 heterocycles. The summed E-state index contributed by atoms with van der Waals surface area (Å²) in [7, 11) is 0. The van der Waals surface area contributed by atoms with Crippen molar-refractivity contribution in [2.24, 2.45) is 5.41 Å². The van der Waals surface area contributed by atoms with Crippen LogP contribution in [0.25, 0.3) is 10.3 Å². The largest absolute Gasteiger partial charge is 0.347 e. The summed E-state index contributed by atoms with van der Waals surface area (Å²) in [6.45, 7) is 5.36. The van der Waals surface area contributed by atoms with Crippen molar-refractivity contribution in [3.05, 3.63) is 30.6 Å². The number of pyridine rings is 1. The number of allylic oxidation sites excluding steroid dienone is 1. The maximum absolute atomic E-state index is 12.1. The maximum atomic E-state index is 12.1. The molecule has 0 saturated carbocycles. The van der Waals surface area contributed by atoms with Gasteiger partial charge >= 0.3 is 0 Å². The number of nitrogens with zero attached hydrogens (tertiary/aromatic N) is 3. The van der Waals surface area contributed by atoms with Crippen LogP contribution < -0.4 is 10.2 Å². The minimum Gasteiger partial charge on any atom is -0.347 e. The SMILES string of the molecule is [3H]c1ccc2sc(N3CCC4(CC(=C)NC4=O)C3)nc2n1. The standard InChI is InChI=1S/C14H14N4OS/c1-9-7-14(12(19)16-9)4-6-18(8-14)13-17-11-10(20-13)3-2-5-15-11/h2-3,5H,1,4,6-8H2,(H,16,19)/i5T. The number of fused-ring (bicyclic) bond motifs is 1. The number of rotatable bonds is 1. The second-order valence-corrected chi connectivity index (χ2v) is 6.45. The van der Waals surface area contributed by atoms with Crippen LogP contribution in [0.3, 0.4) is 0 Å². The Morgan fingerprint density at radius 2 is 2.50 bits per heavy atom. The molecule has 1 unspecified atom stereocenters. The molecule has 0 aromatic carbocycles. The molecule has 0 aliphatic carbocycles. The maximum Gasteiger partial charge on any atom is 0.232 e. The monoisotopic (exact) mass is 288 g/mol. The van der Waals surface area contributed by atoms with Gasteiger partial charge < -0.3 is 10.2 Å². The summed E-state index contributed by atoms with van der Waals surface area (Å²) in [6, 6.07) is 3.55. The van der Waals surface area contributed by atoms with E-state index in [-0.39, 0.29) is 17.5 Å². The molecule has 2 aliphatic heterocycles. The van der Waals surface area contributed by atoms with Crippen molar-refractivity contribution in [1.82, 2.24) is 15.3 Å². The number of nitrogens with one attached hydrogen (secondary N) is 1. The molecule has 5 nitrogen and oxygen atoms in total. The Morgan fingerprint density at radius 1 is 1.60 bits per heavy atom. The lowest BCUT2D eigenvalue weighted by atomic mass is 9.85. The van der Waals surface area contributed by atoms with E-state index in [0.29, 0.717) is 18.6 Å². The number of carbonyl (C=O) groups is 1. The van der Waals surface area contributed by atoms with E-state index in [9.17, 15) is 4.79 Å². The number of thiazole rings is 1. The third-order valence-electron chi connectivity index (χ3n) is 4.05. The lowest BCUT2D eigenvalue weighted by Gasteiger charge is -2.19. The van der Waals surface area contributed by atoms with Gasteiger partial charge in [-0.15, -0.1) is 0 Å². The number of hydrogen-bond acceptors (Lipinski definition) is 5. The van der Waals surface area contributed by atoms with Crippen LogP contribution in [0.5, 0.6) is 0 Å². The lowest BCUT2D eigenvalue weighted by molar-refractivity contribution is -0.126. The first-order valence-electron chi connectivity index (χ1n) is 7.04. The van der Waals surface area contributed by atoms with Crippen LogP contribution in [0.4, 0.5) is 5.13 Å². The molecule has 2 fully saturated rings. The minimum absolute atomic E-state index is 0.0858. The fourth-order valence-corrected chi connectivity index (χ4v) is 3.97. The summed E-state index contributed by atoms with van der Waals surface area (Å²) in [5, 5.41) is 3.72. The molecule has 1 atom stereocenters. The van der Waals surface area contributed by atoms with Crippen molar-refractivity contribution in [1.29, 1.82) is 0 Å². The summed E-state index contributed by atoms with van der Waals surface area (Å²) >= 11 is 1.56. The van der Waals surface area contributed by atoms with Crippen molar-refractivity contribution < 1.29 is 6.17 Å². The van der Waals surface area contributed by atoms with Gasteiger partial charge in [0.2, 0.25) is 5.91 Å². The van der Waals surface area contributed by atoms with E-state index in [2.05, 4.69) is 26.8 Å². The van der Waals surface area contributed by atoms with E-state index in [4.69, 9.17) is 1.37 Å². The first kappa shape index (κ1) is 10.8. The van der Waals surface area contributed by atoms with Gasteiger partial charge in [-0.3, -0.25) is 4.79 Å². The Morgan fingerprint density at radius 3 is 3.30 bits per heavy atom. The van der Waals surface area contributed by atoms with Crippen LogP contribution in [-0.2, 0) is 4.79 Å². The van der Waals surface area contributed by atoms with Crippen molar-refractivity contribution in [2.45, 2.75) is 12.8 Å². The average molecular weight is 288 g/mol. The predicted octanol–water partition coefficient (Wildman–Crippen LogP) is 1.92. The van der Waals surface area contributed by atoms with Crippen molar-refractivity contribution in [3.63, 3.8) is 0 Å². The van der Waals surface area contributed by atoms with Crippen LogP contribution in [0, 0.1) is 5.41 Å². The molecule has 2 aromatic heterocycles. The zero-order valence-corrected chi connectivity index (χ0v) is 11.7. The molecule has 2 saturated heterocycles. The number of amides is 1. The molecule has 0 radical (unpaired) electrons. The molecule has 6 heteroatoms. The topological polar surface area (TPSA) is 58.1 Å². The van der Waals surface area contributed by atoms with Crippen molar-refractivity contribution >= 4 is 32.7 Å². The molecule has 2 aliphatic rings. The second-order valence-electron chi connectivity index (χ2n) is 5.44. The van der Waals surface area contributed by atoms with Gasteiger partial charge in [0.05, 0.1) is 11.5 Å². The first-order chi connectivity index (χ1) is 10.1. The highest BCUT2D eigenvalue weighted by atomic mass is 32.1. The third-order valence-corrected chi connectivity index (χ3v) is 5.12. The van der Waals surface area contributed by atoms with Crippen LogP contribution in [0.2, 0.25) is 0 Å². The Labute approximate surface area is 121 Å². The van der Waals surface area contributed by atoms with Gasteiger partial charge in [0, 0.05) is 31.4 Å². The van der Waals surface area contributed by atoms with Gasteiger partial charge in [0.25, 0.3) is 0 Å². The van der Waals surface area contributed by atoms with Gasteiger partial charge in [-0.2, -0.15) is 4.98 Å². The first-order valence-corrected chi connectivity index (χ1v) is 7.36. The number of aromatic nitrogens is 2. The van der Waals surface area contributed by atoms with Gasteiger partial charge in [0.1, 0.15) is 0 Å². The summed E-state index contributed by atoms with van der Waals surface area (Å²) in [6.07, 6.45) is 1.76. The Bertz CT molecular complexity index is 773. The number of carbonyl (C=O) groups excluding carboxylic acids is 1. The van der Waals surface area contributed by atoms with Gasteiger partial charge in [-0.05, 0) is 18.6 Å². The highest BCUT2D eigenvalue weighted by Crippen LogP contribution is 2.43. The van der Waals surface area contributed by atoms with E-state index < -0.39 is 0 Å². The third kappa shape index (κ3) is 1.64. The molecular weight excluding hydrogens is 272 g/mol. The van der Waals surface area contributed by atoms with Crippen LogP contribution in [0.1, 0.15) is 14.2 Å². The fourth-order valence-electron chi connectivity index (χ4n) is 3.04. The van der Waals surface area contributed by atoms with E-state index in [1.807, 2.05) is 6.07 Å².